The van der Waals surface area contributed by atoms with Gasteiger partial charge in [-0.3, -0.25) is 28.9 Å². The first kappa shape index (κ1) is 32.5. The topological polar surface area (TPSA) is 166 Å². The summed E-state index contributed by atoms with van der Waals surface area (Å²) in [6.45, 7) is 5.14. The molecular formula is C32H36N4O7S. The van der Waals surface area contributed by atoms with Crippen molar-refractivity contribution in [2.24, 2.45) is 5.92 Å². The van der Waals surface area contributed by atoms with Gasteiger partial charge in [0.15, 0.2) is 5.12 Å². The van der Waals surface area contributed by atoms with Gasteiger partial charge < -0.3 is 20.7 Å². The summed E-state index contributed by atoms with van der Waals surface area (Å²) in [6, 6.07) is 11.7. The standard InChI is InChI=1S/C32H36N4O7S/c1-18(2)15-25(28(38)35-26(32(42)43)16-20-17-33-24-12-7-6-9-21(20)24)34-29(39)27(44-19(3)37)13-8-14-36-30(40)22-10-4-5-11-23(22)31(36)41/h4-7,9-12,17-18,25-27,33H,8,13-16H2,1-3H3,(H,34,39)(H,35,38)(H,42,43)/t25-,26+,27?/m1/s1. The minimum atomic E-state index is -1.24. The van der Waals surface area contributed by atoms with Crippen LogP contribution in [0.5, 0.6) is 0 Å². The maximum Gasteiger partial charge on any atom is 0.326 e. The van der Waals surface area contributed by atoms with Crippen molar-refractivity contribution in [2.75, 3.05) is 6.54 Å². The predicted molar refractivity (Wildman–Crippen MR) is 166 cm³/mol. The number of carbonyl (C=O) groups excluding carboxylic acids is 5. The molecule has 0 aliphatic carbocycles. The average molecular weight is 621 g/mol. The van der Waals surface area contributed by atoms with Gasteiger partial charge in [0.05, 0.1) is 16.4 Å². The van der Waals surface area contributed by atoms with Gasteiger partial charge in [-0.05, 0) is 48.9 Å². The van der Waals surface area contributed by atoms with Crippen molar-refractivity contribution in [3.05, 3.63) is 71.4 Å². The zero-order valence-corrected chi connectivity index (χ0v) is 25.6. The highest BCUT2D eigenvalue weighted by Crippen LogP contribution is 2.25. The van der Waals surface area contributed by atoms with E-state index in [0.717, 1.165) is 33.1 Å². The molecular weight excluding hydrogens is 584 g/mol. The van der Waals surface area contributed by atoms with Crippen LogP contribution < -0.4 is 10.6 Å². The van der Waals surface area contributed by atoms with E-state index in [0.29, 0.717) is 11.1 Å². The molecule has 0 spiro atoms. The number of H-pyrrole nitrogens is 1. The van der Waals surface area contributed by atoms with Crippen LogP contribution in [0.25, 0.3) is 10.9 Å². The fourth-order valence-electron chi connectivity index (χ4n) is 5.28. The van der Waals surface area contributed by atoms with E-state index in [9.17, 15) is 33.9 Å². The maximum absolute atomic E-state index is 13.4. The molecule has 1 aromatic heterocycles. The summed E-state index contributed by atoms with van der Waals surface area (Å²) in [5.74, 6) is -3.24. The van der Waals surface area contributed by atoms with Gasteiger partial charge in [0.2, 0.25) is 11.8 Å². The van der Waals surface area contributed by atoms with Gasteiger partial charge in [-0.25, -0.2) is 4.79 Å². The predicted octanol–water partition coefficient (Wildman–Crippen LogP) is 3.54. The Morgan fingerprint density at radius 3 is 2.14 bits per heavy atom. The van der Waals surface area contributed by atoms with Crippen molar-refractivity contribution >= 4 is 57.4 Å². The zero-order valence-electron chi connectivity index (χ0n) is 24.8. The Balaban J connectivity index is 1.41. The highest BCUT2D eigenvalue weighted by molar-refractivity contribution is 8.14. The Labute approximate surface area is 259 Å². The highest BCUT2D eigenvalue weighted by Gasteiger charge is 2.35. The minimum absolute atomic E-state index is 0.0179. The third-order valence-electron chi connectivity index (χ3n) is 7.38. The number of hydrogen-bond acceptors (Lipinski definition) is 7. The Kier molecular flexibility index (Phi) is 10.6. The number of para-hydroxylation sites is 1. The summed E-state index contributed by atoms with van der Waals surface area (Å²) < 4.78 is 0. The summed E-state index contributed by atoms with van der Waals surface area (Å²) in [4.78, 5) is 80.6. The number of carboxylic acids is 1. The van der Waals surface area contributed by atoms with Crippen molar-refractivity contribution in [3.63, 3.8) is 0 Å². The summed E-state index contributed by atoms with van der Waals surface area (Å²) >= 11 is 0.806. The monoisotopic (exact) mass is 620 g/mol. The molecule has 4 N–H and O–H groups in total. The summed E-state index contributed by atoms with van der Waals surface area (Å²) in [5.41, 5.74) is 2.24. The molecule has 12 heteroatoms. The van der Waals surface area contributed by atoms with Crippen molar-refractivity contribution < 1.29 is 33.9 Å². The van der Waals surface area contributed by atoms with Crippen molar-refractivity contribution in [3.8, 4) is 0 Å². The fourth-order valence-corrected chi connectivity index (χ4v) is 6.14. The van der Waals surface area contributed by atoms with Crippen LogP contribution >= 0.6 is 11.8 Å². The number of fused-ring (bicyclic) bond motifs is 2. The van der Waals surface area contributed by atoms with Crippen LogP contribution in [0, 0.1) is 5.92 Å². The van der Waals surface area contributed by atoms with Crippen LogP contribution in [-0.2, 0) is 25.6 Å². The third-order valence-corrected chi connectivity index (χ3v) is 8.45. The number of nitrogens with zero attached hydrogens (tertiary/aromatic N) is 1. The number of imide groups is 1. The SMILES string of the molecule is CC(=O)SC(CCCN1C(=O)c2ccccc2C1=O)C(=O)N[C@H](CC(C)C)C(=O)N[C@@H](Cc1c[nH]c2ccccc12)C(=O)O. The average Bonchev–Trinajstić information content (AvgIpc) is 3.49. The van der Waals surface area contributed by atoms with Crippen LogP contribution in [0.3, 0.4) is 0 Å². The van der Waals surface area contributed by atoms with E-state index in [2.05, 4.69) is 15.6 Å². The van der Waals surface area contributed by atoms with E-state index < -0.39 is 46.9 Å². The highest BCUT2D eigenvalue weighted by atomic mass is 32.2. The molecule has 2 aromatic carbocycles. The quantitative estimate of drug-likeness (QED) is 0.199. The first-order valence-electron chi connectivity index (χ1n) is 14.5. The van der Waals surface area contributed by atoms with Gasteiger partial charge in [0.25, 0.3) is 11.8 Å². The van der Waals surface area contributed by atoms with E-state index in [-0.39, 0.29) is 43.3 Å². The molecule has 1 aliphatic heterocycles. The molecule has 3 aromatic rings. The lowest BCUT2D eigenvalue weighted by molar-refractivity contribution is -0.142. The van der Waals surface area contributed by atoms with Crippen LogP contribution in [-0.4, -0.2) is 73.6 Å². The van der Waals surface area contributed by atoms with E-state index in [4.69, 9.17) is 0 Å². The molecule has 0 radical (unpaired) electrons. The van der Waals surface area contributed by atoms with E-state index in [1.54, 1.807) is 30.5 Å². The lowest BCUT2D eigenvalue weighted by Gasteiger charge is -2.25. The lowest BCUT2D eigenvalue weighted by atomic mass is 10.0. The van der Waals surface area contributed by atoms with Gasteiger partial charge in [0.1, 0.15) is 12.1 Å². The van der Waals surface area contributed by atoms with Gasteiger partial charge in [-0.1, -0.05) is 55.9 Å². The van der Waals surface area contributed by atoms with Gasteiger partial charge in [-0.2, -0.15) is 0 Å². The number of aromatic amines is 1. The van der Waals surface area contributed by atoms with E-state index in [1.807, 2.05) is 38.1 Å². The zero-order chi connectivity index (χ0) is 32.0. The number of carboxylic acid groups (broad SMARTS) is 1. The first-order chi connectivity index (χ1) is 21.0. The molecule has 3 atom stereocenters. The van der Waals surface area contributed by atoms with Crippen molar-refractivity contribution in [2.45, 2.75) is 63.8 Å². The normalized spacial score (nSPS) is 14.8. The minimum Gasteiger partial charge on any atom is -0.480 e. The molecule has 0 saturated carbocycles. The smallest absolute Gasteiger partial charge is 0.326 e. The molecule has 2 heterocycles. The second-order valence-corrected chi connectivity index (χ2v) is 12.6. The molecule has 11 nitrogen and oxygen atoms in total. The summed E-state index contributed by atoms with van der Waals surface area (Å²) in [7, 11) is 0. The number of aromatic nitrogens is 1. The molecule has 4 amide bonds. The fraction of sp³-hybridized carbons (Fsp3) is 0.375. The first-order valence-corrected chi connectivity index (χ1v) is 15.3. The second kappa shape index (κ2) is 14.3. The third kappa shape index (κ3) is 7.73. The molecule has 0 saturated heterocycles. The van der Waals surface area contributed by atoms with Crippen LogP contribution in [0.2, 0.25) is 0 Å². The largest absolute Gasteiger partial charge is 0.480 e. The molecule has 1 aliphatic rings. The van der Waals surface area contributed by atoms with Gasteiger partial charge >= 0.3 is 5.97 Å². The Morgan fingerprint density at radius 2 is 1.52 bits per heavy atom. The molecule has 44 heavy (non-hydrogen) atoms. The number of aliphatic carboxylic acids is 1. The van der Waals surface area contributed by atoms with Gasteiger partial charge in [-0.15, -0.1) is 0 Å². The Hall–Kier alpha value is -4.45. The Morgan fingerprint density at radius 1 is 0.909 bits per heavy atom. The molecule has 0 bridgehead atoms. The molecule has 1 unspecified atom stereocenters. The molecule has 4 rings (SSSR count). The summed E-state index contributed by atoms with van der Waals surface area (Å²) in [6.07, 6.45) is 2.41. The number of amides is 4. The van der Waals surface area contributed by atoms with Crippen LogP contribution in [0.1, 0.15) is 66.3 Å². The second-order valence-electron chi connectivity index (χ2n) is 11.2. The van der Waals surface area contributed by atoms with Crippen molar-refractivity contribution in [1.29, 1.82) is 0 Å². The number of carbonyl (C=O) groups is 6. The van der Waals surface area contributed by atoms with E-state index >= 15 is 0 Å². The van der Waals surface area contributed by atoms with Gasteiger partial charge in [0, 0.05) is 37.0 Å². The number of rotatable bonds is 14. The molecule has 232 valence electrons. The Bertz CT molecular complexity index is 1550. The number of thioether (sulfide) groups is 1. The number of nitrogens with one attached hydrogen (secondary N) is 3. The molecule has 0 fully saturated rings. The van der Waals surface area contributed by atoms with Crippen molar-refractivity contribution in [1.82, 2.24) is 20.5 Å². The van der Waals surface area contributed by atoms with Crippen LogP contribution in [0.15, 0.2) is 54.7 Å². The number of benzene rings is 2. The summed E-state index contributed by atoms with van der Waals surface area (Å²) in [5, 5.41) is 14.9. The number of hydrogen-bond donors (Lipinski definition) is 4. The lowest BCUT2D eigenvalue weighted by Crippen LogP contribution is -2.54. The van der Waals surface area contributed by atoms with Crippen LogP contribution in [0.4, 0.5) is 0 Å². The van der Waals surface area contributed by atoms with E-state index in [1.165, 1.54) is 6.92 Å². The maximum atomic E-state index is 13.4.